The molecule has 0 aromatic heterocycles. The van der Waals surface area contributed by atoms with Gasteiger partial charge in [-0.1, -0.05) is 6.92 Å². The molecule has 1 aliphatic rings. The van der Waals surface area contributed by atoms with Gasteiger partial charge in [-0.3, -0.25) is 0 Å². The molecule has 0 spiro atoms. The summed E-state index contributed by atoms with van der Waals surface area (Å²) in [5, 5.41) is 3.24. The maximum atomic E-state index is 14.0. The van der Waals surface area contributed by atoms with Gasteiger partial charge in [0.2, 0.25) is 0 Å². The number of ether oxygens (including phenoxy) is 1. The molecule has 112 valence electrons. The minimum Gasteiger partial charge on any atom is -0.378 e. The fourth-order valence-electron chi connectivity index (χ4n) is 2.75. The SMILES string of the molecule is CCCNC(c1cc(F)c(F)cc1F)C1CCOC1C. The van der Waals surface area contributed by atoms with Gasteiger partial charge in [0.15, 0.2) is 11.6 Å². The minimum atomic E-state index is -1.16. The van der Waals surface area contributed by atoms with Crippen LogP contribution in [-0.2, 0) is 4.74 Å². The highest BCUT2D eigenvalue weighted by atomic mass is 19.2. The molecular weight excluding hydrogens is 267 g/mol. The zero-order valence-electron chi connectivity index (χ0n) is 11.8. The molecule has 0 bridgehead atoms. The number of benzene rings is 1. The molecule has 3 atom stereocenters. The second-order valence-electron chi connectivity index (χ2n) is 5.25. The van der Waals surface area contributed by atoms with Crippen LogP contribution in [0, 0.1) is 23.4 Å². The van der Waals surface area contributed by atoms with E-state index in [1.807, 2.05) is 13.8 Å². The topological polar surface area (TPSA) is 21.3 Å². The summed E-state index contributed by atoms with van der Waals surface area (Å²) in [5.74, 6) is -2.83. The van der Waals surface area contributed by atoms with Crippen LogP contribution in [0.4, 0.5) is 13.2 Å². The van der Waals surface area contributed by atoms with E-state index in [0.29, 0.717) is 19.2 Å². The lowest BCUT2D eigenvalue weighted by Gasteiger charge is -2.27. The van der Waals surface area contributed by atoms with Crippen molar-refractivity contribution in [3.63, 3.8) is 0 Å². The predicted octanol–water partition coefficient (Wildman–Crippen LogP) is 3.57. The number of rotatable bonds is 5. The molecule has 3 unspecified atom stereocenters. The summed E-state index contributed by atoms with van der Waals surface area (Å²) in [6.07, 6.45) is 1.63. The van der Waals surface area contributed by atoms with Gasteiger partial charge in [-0.2, -0.15) is 0 Å². The molecule has 2 nitrogen and oxygen atoms in total. The minimum absolute atomic E-state index is 0.0307. The summed E-state index contributed by atoms with van der Waals surface area (Å²) in [6.45, 7) is 5.23. The fourth-order valence-corrected chi connectivity index (χ4v) is 2.75. The van der Waals surface area contributed by atoms with Gasteiger partial charge in [0.1, 0.15) is 5.82 Å². The lowest BCUT2D eigenvalue weighted by Crippen LogP contribution is -2.33. The molecule has 0 aliphatic carbocycles. The van der Waals surface area contributed by atoms with Gasteiger partial charge in [0.25, 0.3) is 0 Å². The van der Waals surface area contributed by atoms with Gasteiger partial charge < -0.3 is 10.1 Å². The van der Waals surface area contributed by atoms with Crippen molar-refractivity contribution in [2.24, 2.45) is 5.92 Å². The van der Waals surface area contributed by atoms with Gasteiger partial charge in [-0.05, 0) is 32.4 Å². The quantitative estimate of drug-likeness (QED) is 0.836. The van der Waals surface area contributed by atoms with E-state index in [0.717, 1.165) is 18.9 Å². The van der Waals surface area contributed by atoms with Gasteiger partial charge in [-0.25, -0.2) is 13.2 Å². The van der Waals surface area contributed by atoms with Crippen molar-refractivity contribution < 1.29 is 17.9 Å². The van der Waals surface area contributed by atoms with Crippen LogP contribution < -0.4 is 5.32 Å². The summed E-state index contributed by atoms with van der Waals surface area (Å²) in [5.41, 5.74) is 0.180. The van der Waals surface area contributed by atoms with Crippen LogP contribution in [0.1, 0.15) is 38.3 Å². The van der Waals surface area contributed by atoms with Crippen LogP contribution in [0.5, 0.6) is 0 Å². The Hall–Kier alpha value is -1.07. The smallest absolute Gasteiger partial charge is 0.161 e. The fraction of sp³-hybridized carbons (Fsp3) is 0.600. The molecule has 1 N–H and O–H groups in total. The molecule has 1 aliphatic heterocycles. The van der Waals surface area contributed by atoms with E-state index < -0.39 is 17.5 Å². The van der Waals surface area contributed by atoms with Crippen LogP contribution in [0.25, 0.3) is 0 Å². The van der Waals surface area contributed by atoms with Gasteiger partial charge >= 0.3 is 0 Å². The van der Waals surface area contributed by atoms with E-state index in [2.05, 4.69) is 5.32 Å². The first-order chi connectivity index (χ1) is 9.54. The second kappa shape index (κ2) is 6.59. The normalized spacial score (nSPS) is 24.1. The molecular formula is C15H20F3NO. The summed E-state index contributed by atoms with van der Waals surface area (Å²) in [6, 6.07) is 1.22. The molecule has 1 saturated heterocycles. The van der Waals surface area contributed by atoms with Gasteiger partial charge in [0, 0.05) is 30.2 Å². The number of halogens is 3. The highest BCUT2D eigenvalue weighted by molar-refractivity contribution is 5.24. The van der Waals surface area contributed by atoms with Crippen molar-refractivity contribution >= 4 is 0 Å². The highest BCUT2D eigenvalue weighted by Crippen LogP contribution is 2.35. The van der Waals surface area contributed by atoms with Gasteiger partial charge in [0.05, 0.1) is 6.10 Å². The summed E-state index contributed by atoms with van der Waals surface area (Å²) >= 11 is 0. The predicted molar refractivity (Wildman–Crippen MR) is 70.9 cm³/mol. The summed E-state index contributed by atoms with van der Waals surface area (Å²) < 4.78 is 46.0. The Balaban J connectivity index is 2.32. The molecule has 0 saturated carbocycles. The zero-order valence-corrected chi connectivity index (χ0v) is 11.8. The van der Waals surface area contributed by atoms with Crippen LogP contribution in [0.2, 0.25) is 0 Å². The Morgan fingerprint density at radius 3 is 2.55 bits per heavy atom. The Labute approximate surface area is 117 Å². The maximum absolute atomic E-state index is 14.0. The number of hydrogen-bond donors (Lipinski definition) is 1. The van der Waals surface area contributed by atoms with Crippen LogP contribution in [0.15, 0.2) is 12.1 Å². The van der Waals surface area contributed by atoms with E-state index >= 15 is 0 Å². The van der Waals surface area contributed by atoms with Crippen LogP contribution in [0.3, 0.4) is 0 Å². The Morgan fingerprint density at radius 1 is 1.25 bits per heavy atom. The Morgan fingerprint density at radius 2 is 1.95 bits per heavy atom. The monoisotopic (exact) mass is 287 g/mol. The molecule has 2 rings (SSSR count). The highest BCUT2D eigenvalue weighted by Gasteiger charge is 2.34. The first kappa shape index (κ1) is 15.3. The molecule has 5 heteroatoms. The first-order valence-corrected chi connectivity index (χ1v) is 7.04. The van der Waals surface area contributed by atoms with E-state index in [4.69, 9.17) is 4.74 Å². The summed E-state index contributed by atoms with van der Waals surface area (Å²) in [4.78, 5) is 0. The molecule has 20 heavy (non-hydrogen) atoms. The molecule has 1 aromatic rings. The van der Waals surface area contributed by atoms with E-state index in [1.54, 1.807) is 0 Å². The third-order valence-electron chi connectivity index (χ3n) is 3.85. The number of nitrogens with one attached hydrogen (secondary N) is 1. The maximum Gasteiger partial charge on any atom is 0.161 e. The molecule has 1 aromatic carbocycles. The average Bonchev–Trinajstić information content (AvgIpc) is 2.82. The third kappa shape index (κ3) is 3.15. The van der Waals surface area contributed by atoms with Crippen LogP contribution in [-0.4, -0.2) is 19.3 Å². The second-order valence-corrected chi connectivity index (χ2v) is 5.25. The Bertz CT molecular complexity index is 467. The molecule has 1 heterocycles. The molecule has 0 amide bonds. The van der Waals surface area contributed by atoms with Crippen molar-refractivity contribution in [2.75, 3.05) is 13.2 Å². The zero-order chi connectivity index (χ0) is 14.7. The van der Waals surface area contributed by atoms with Crippen molar-refractivity contribution in [2.45, 2.75) is 38.8 Å². The Kier molecular flexibility index (Phi) is 5.05. The lowest BCUT2D eigenvalue weighted by molar-refractivity contribution is 0.0949. The third-order valence-corrected chi connectivity index (χ3v) is 3.85. The van der Waals surface area contributed by atoms with Crippen molar-refractivity contribution in [3.8, 4) is 0 Å². The van der Waals surface area contributed by atoms with E-state index in [1.165, 1.54) is 0 Å². The van der Waals surface area contributed by atoms with Gasteiger partial charge in [-0.15, -0.1) is 0 Å². The largest absolute Gasteiger partial charge is 0.378 e. The van der Waals surface area contributed by atoms with E-state index in [9.17, 15) is 13.2 Å². The number of hydrogen-bond acceptors (Lipinski definition) is 2. The van der Waals surface area contributed by atoms with Crippen molar-refractivity contribution in [1.29, 1.82) is 0 Å². The summed E-state index contributed by atoms with van der Waals surface area (Å²) in [7, 11) is 0. The first-order valence-electron chi connectivity index (χ1n) is 7.04. The molecule has 1 fully saturated rings. The molecule has 0 radical (unpaired) electrons. The lowest BCUT2D eigenvalue weighted by atomic mass is 9.87. The average molecular weight is 287 g/mol. The van der Waals surface area contributed by atoms with E-state index in [-0.39, 0.29) is 23.6 Å². The van der Waals surface area contributed by atoms with Crippen molar-refractivity contribution in [1.82, 2.24) is 5.32 Å². The van der Waals surface area contributed by atoms with Crippen molar-refractivity contribution in [3.05, 3.63) is 35.1 Å². The van der Waals surface area contributed by atoms with Crippen LogP contribution >= 0.6 is 0 Å². The standard InChI is InChI=1S/C15H20F3NO/c1-3-5-19-15(10-4-6-20-9(10)2)11-7-13(17)14(18)8-12(11)16/h7-10,15,19H,3-6H2,1-2H3.